The van der Waals surface area contributed by atoms with Crippen LogP contribution in [0.15, 0.2) is 18.3 Å². The molecule has 0 saturated carbocycles. The number of pyridine rings is 1. The van der Waals surface area contributed by atoms with E-state index >= 15 is 0 Å². The molecule has 1 rings (SSSR count). The molecule has 0 fully saturated rings. The lowest BCUT2D eigenvalue weighted by Crippen LogP contribution is -2.10. The van der Waals surface area contributed by atoms with Gasteiger partial charge in [-0.2, -0.15) is 13.2 Å². The molecule has 0 spiro atoms. The van der Waals surface area contributed by atoms with Crippen LogP contribution in [-0.2, 0) is 15.7 Å². The smallest absolute Gasteiger partial charge is 0.434 e. The maximum Gasteiger partial charge on any atom is 0.434 e. The molecule has 3 nitrogen and oxygen atoms in total. The van der Waals surface area contributed by atoms with E-state index < -0.39 is 17.8 Å². The zero-order valence-corrected chi connectivity index (χ0v) is 8.84. The summed E-state index contributed by atoms with van der Waals surface area (Å²) in [5.41, 5.74) is -1.47. The summed E-state index contributed by atoms with van der Waals surface area (Å²) in [6.45, 7) is 1.69. The van der Waals surface area contributed by atoms with E-state index in [4.69, 9.17) is 0 Å². The lowest BCUT2D eigenvalue weighted by atomic mass is 10.2. The highest BCUT2D eigenvalue weighted by molar-refractivity contribution is 5.89. The summed E-state index contributed by atoms with van der Waals surface area (Å²) in [6, 6.07) is 2.45. The summed E-state index contributed by atoms with van der Waals surface area (Å²) in [4.78, 5) is 14.1. The maximum atomic E-state index is 12.5. The summed E-state index contributed by atoms with van der Waals surface area (Å²) in [5.74, 6) is 3.19. The SMILES string of the molecule is CCOC(=O)C#Cc1cccnc1C(F)(F)F. The lowest BCUT2D eigenvalue weighted by Gasteiger charge is -2.06. The molecule has 0 aliphatic rings. The molecule has 0 amide bonds. The number of hydrogen-bond donors (Lipinski definition) is 0. The van der Waals surface area contributed by atoms with Crippen molar-refractivity contribution in [2.75, 3.05) is 6.61 Å². The standard InChI is InChI=1S/C11H8F3NO2/c1-2-17-9(16)6-5-8-4-3-7-15-10(8)11(12,13)14/h3-4,7H,2H2,1H3. The van der Waals surface area contributed by atoms with Crippen LogP contribution in [0.5, 0.6) is 0 Å². The molecule has 6 heteroatoms. The third-order valence-corrected chi connectivity index (χ3v) is 1.65. The van der Waals surface area contributed by atoms with E-state index in [0.29, 0.717) is 0 Å². The molecule has 1 aromatic heterocycles. The van der Waals surface area contributed by atoms with Crippen LogP contribution in [0.4, 0.5) is 13.2 Å². The Labute approximate surface area is 95.6 Å². The van der Waals surface area contributed by atoms with Gasteiger partial charge in [0.05, 0.1) is 12.2 Å². The average molecular weight is 243 g/mol. The van der Waals surface area contributed by atoms with Gasteiger partial charge in [0.2, 0.25) is 0 Å². The van der Waals surface area contributed by atoms with Gasteiger partial charge in [0.25, 0.3) is 0 Å². The number of aromatic nitrogens is 1. The highest BCUT2D eigenvalue weighted by atomic mass is 19.4. The summed E-state index contributed by atoms with van der Waals surface area (Å²) < 4.78 is 41.9. The predicted molar refractivity (Wildman–Crippen MR) is 52.8 cm³/mol. The number of carbonyl (C=O) groups excluding carboxylic acids is 1. The van der Waals surface area contributed by atoms with E-state index in [1.165, 1.54) is 6.07 Å². The monoisotopic (exact) mass is 243 g/mol. The van der Waals surface area contributed by atoms with Gasteiger partial charge in [-0.25, -0.2) is 4.79 Å². The Balaban J connectivity index is 3.03. The van der Waals surface area contributed by atoms with Crippen molar-refractivity contribution in [3.8, 4) is 11.8 Å². The number of nitrogens with zero attached hydrogens (tertiary/aromatic N) is 1. The number of rotatable bonds is 1. The largest absolute Gasteiger partial charge is 0.456 e. The highest BCUT2D eigenvalue weighted by Crippen LogP contribution is 2.29. The second kappa shape index (κ2) is 5.34. The Morgan fingerprint density at radius 3 is 2.82 bits per heavy atom. The number of carbonyl (C=O) groups is 1. The summed E-state index contributed by atoms with van der Waals surface area (Å²) in [7, 11) is 0. The van der Waals surface area contributed by atoms with Gasteiger partial charge in [-0.15, -0.1) is 0 Å². The molecule has 0 aliphatic heterocycles. The molecule has 0 aromatic carbocycles. The topological polar surface area (TPSA) is 39.2 Å². The second-order valence-corrected chi connectivity index (χ2v) is 2.87. The summed E-state index contributed by atoms with van der Waals surface area (Å²) >= 11 is 0. The molecular weight excluding hydrogens is 235 g/mol. The van der Waals surface area contributed by atoms with Crippen LogP contribution >= 0.6 is 0 Å². The van der Waals surface area contributed by atoms with Crippen LogP contribution in [0, 0.1) is 11.8 Å². The number of alkyl halides is 3. The van der Waals surface area contributed by atoms with Crippen molar-refractivity contribution in [2.45, 2.75) is 13.1 Å². The zero-order valence-electron chi connectivity index (χ0n) is 8.84. The van der Waals surface area contributed by atoms with Gasteiger partial charge in [-0.1, -0.05) is 5.92 Å². The fraction of sp³-hybridized carbons (Fsp3) is 0.273. The highest BCUT2D eigenvalue weighted by Gasteiger charge is 2.34. The van der Waals surface area contributed by atoms with E-state index in [-0.39, 0.29) is 12.2 Å². The van der Waals surface area contributed by atoms with Crippen LogP contribution < -0.4 is 0 Å². The molecule has 90 valence electrons. The zero-order chi connectivity index (χ0) is 12.9. The van der Waals surface area contributed by atoms with Crippen molar-refractivity contribution < 1.29 is 22.7 Å². The normalized spacial score (nSPS) is 10.4. The number of halogens is 3. The molecule has 0 unspecified atom stereocenters. The number of esters is 1. The van der Waals surface area contributed by atoms with Gasteiger partial charge in [-0.3, -0.25) is 4.98 Å². The third-order valence-electron chi connectivity index (χ3n) is 1.65. The quantitative estimate of drug-likeness (QED) is 0.559. The molecule has 1 aromatic rings. The summed E-state index contributed by atoms with van der Waals surface area (Å²) in [6.07, 6.45) is -3.59. The Kier molecular flexibility index (Phi) is 4.10. The molecule has 17 heavy (non-hydrogen) atoms. The lowest BCUT2D eigenvalue weighted by molar-refractivity contribution is -0.141. The second-order valence-electron chi connectivity index (χ2n) is 2.87. The van der Waals surface area contributed by atoms with Gasteiger partial charge in [0, 0.05) is 12.1 Å². The van der Waals surface area contributed by atoms with Gasteiger partial charge in [0.1, 0.15) is 0 Å². The molecule has 0 radical (unpaired) electrons. The first-order valence-corrected chi connectivity index (χ1v) is 4.66. The van der Waals surface area contributed by atoms with E-state index in [2.05, 4.69) is 15.6 Å². The minimum absolute atomic E-state index is 0.118. The van der Waals surface area contributed by atoms with Crippen LogP contribution in [-0.4, -0.2) is 17.6 Å². The third kappa shape index (κ3) is 3.79. The average Bonchev–Trinajstić information content (AvgIpc) is 2.26. The van der Waals surface area contributed by atoms with Crippen LogP contribution in [0.2, 0.25) is 0 Å². The first kappa shape index (κ1) is 13.0. The van der Waals surface area contributed by atoms with Crippen LogP contribution in [0.25, 0.3) is 0 Å². The van der Waals surface area contributed by atoms with Gasteiger partial charge in [0.15, 0.2) is 5.69 Å². The summed E-state index contributed by atoms with van der Waals surface area (Å²) in [5, 5.41) is 0. The Morgan fingerprint density at radius 1 is 1.53 bits per heavy atom. The van der Waals surface area contributed by atoms with Gasteiger partial charge in [-0.05, 0) is 19.1 Å². The number of hydrogen-bond acceptors (Lipinski definition) is 3. The van der Waals surface area contributed by atoms with Crippen LogP contribution in [0.1, 0.15) is 18.2 Å². The van der Waals surface area contributed by atoms with Crippen molar-refractivity contribution in [3.05, 3.63) is 29.6 Å². The molecular formula is C11H8F3NO2. The molecule has 0 atom stereocenters. The van der Waals surface area contributed by atoms with Gasteiger partial charge < -0.3 is 4.74 Å². The Morgan fingerprint density at radius 2 is 2.24 bits per heavy atom. The minimum Gasteiger partial charge on any atom is -0.456 e. The van der Waals surface area contributed by atoms with Gasteiger partial charge >= 0.3 is 12.1 Å². The minimum atomic E-state index is -4.60. The van der Waals surface area contributed by atoms with E-state index in [1.807, 2.05) is 5.92 Å². The molecule has 0 N–H and O–H groups in total. The maximum absolute atomic E-state index is 12.5. The van der Waals surface area contributed by atoms with Crippen molar-refractivity contribution >= 4 is 5.97 Å². The predicted octanol–water partition coefficient (Wildman–Crippen LogP) is 2.02. The van der Waals surface area contributed by atoms with Crippen molar-refractivity contribution in [1.82, 2.24) is 4.98 Å². The fourth-order valence-electron chi connectivity index (χ4n) is 1.02. The van der Waals surface area contributed by atoms with Crippen LogP contribution in [0.3, 0.4) is 0 Å². The molecule has 0 bridgehead atoms. The fourth-order valence-corrected chi connectivity index (χ4v) is 1.02. The van der Waals surface area contributed by atoms with Crippen molar-refractivity contribution in [1.29, 1.82) is 0 Å². The van der Waals surface area contributed by atoms with Crippen molar-refractivity contribution in [2.24, 2.45) is 0 Å². The van der Waals surface area contributed by atoms with E-state index in [0.717, 1.165) is 12.3 Å². The van der Waals surface area contributed by atoms with E-state index in [9.17, 15) is 18.0 Å². The molecule has 0 aliphatic carbocycles. The molecule has 0 saturated heterocycles. The number of ether oxygens (including phenoxy) is 1. The first-order chi connectivity index (χ1) is 7.95. The Hall–Kier alpha value is -2.03. The molecule has 1 heterocycles. The van der Waals surface area contributed by atoms with E-state index in [1.54, 1.807) is 6.92 Å². The Bertz CT molecular complexity index is 472. The van der Waals surface area contributed by atoms with Crippen molar-refractivity contribution in [3.63, 3.8) is 0 Å². The first-order valence-electron chi connectivity index (χ1n) is 4.66.